The predicted octanol–water partition coefficient (Wildman–Crippen LogP) is -2.37. The van der Waals surface area contributed by atoms with Crippen LogP contribution in [0, 0.1) is 5.92 Å². The van der Waals surface area contributed by atoms with E-state index in [1.165, 1.54) is 15.9 Å². The van der Waals surface area contributed by atoms with E-state index in [0.29, 0.717) is 58.9 Å². The molecule has 466 valence electrons. The first-order valence-electron chi connectivity index (χ1n) is 27.0. The molecule has 2 aliphatic heterocycles. The van der Waals surface area contributed by atoms with Gasteiger partial charge in [0.05, 0.1) is 84.2 Å². The Labute approximate surface area is 472 Å². The maximum Gasteiger partial charge on any atom is 0.410 e. The van der Waals surface area contributed by atoms with Gasteiger partial charge in [0.15, 0.2) is 30.2 Å². The molecule has 0 aromatic rings. The molecule has 0 aromatic carbocycles. The number of carboxylic acids is 2. The molecule has 2 rings (SSSR count). The maximum atomic E-state index is 13.6. The minimum atomic E-state index is -1.84. The fourth-order valence-corrected chi connectivity index (χ4v) is 8.25. The van der Waals surface area contributed by atoms with E-state index in [9.17, 15) is 59.4 Å². The summed E-state index contributed by atoms with van der Waals surface area (Å²) >= 11 is 0. The second-order valence-electron chi connectivity index (χ2n) is 18.6. The number of unbranched alkanes of at least 4 members (excludes halogenated alkanes) is 2. The normalized spacial score (nSPS) is 20.1. The van der Waals surface area contributed by atoms with Crippen LogP contribution in [0.2, 0.25) is 0 Å². The van der Waals surface area contributed by atoms with Gasteiger partial charge in [-0.3, -0.25) is 9.59 Å². The van der Waals surface area contributed by atoms with Crippen LogP contribution in [0.4, 0.5) is 9.59 Å². The summed E-state index contributed by atoms with van der Waals surface area (Å²) < 4.78 is 50.8. The van der Waals surface area contributed by atoms with Crippen molar-refractivity contribution in [2.45, 2.75) is 121 Å². The Kier molecular flexibility index (Phi) is 34.2. The number of nitrogens with one attached hydrogen (secondary N) is 1. The van der Waals surface area contributed by atoms with Gasteiger partial charge in [0, 0.05) is 73.2 Å². The molecule has 31 heteroatoms. The first-order valence-corrected chi connectivity index (χ1v) is 27.0. The van der Waals surface area contributed by atoms with Crippen molar-refractivity contribution >= 4 is 47.9 Å². The number of carbonyl (C=O) groups is 6. The molecule has 0 unspecified atom stereocenters. The van der Waals surface area contributed by atoms with E-state index in [1.807, 2.05) is 6.92 Å². The zero-order valence-corrected chi connectivity index (χ0v) is 47.0. The molecular weight excluding hydrogens is 1080 g/mol. The van der Waals surface area contributed by atoms with Gasteiger partial charge >= 0.3 is 24.1 Å². The van der Waals surface area contributed by atoms with Gasteiger partial charge < -0.3 is 116 Å². The number of hydrogen-bond acceptors (Lipinski definition) is 21. The summed E-state index contributed by atoms with van der Waals surface area (Å²) in [6.45, 7) is 9.42. The number of ether oxygens (including phenoxy) is 9. The second kappa shape index (κ2) is 39.2. The highest BCUT2D eigenvalue weighted by atomic mass is 16.6. The Bertz CT molecular complexity index is 2050. The third kappa shape index (κ3) is 26.0. The molecule has 0 saturated heterocycles. The quantitative estimate of drug-likeness (QED) is 0.0173. The number of nitrogens with zero attached hydrogens (tertiary/aromatic N) is 5. The zero-order chi connectivity index (χ0) is 60.4. The zero-order valence-electron chi connectivity index (χ0n) is 47.0. The molecule has 4 amide bonds. The van der Waals surface area contributed by atoms with E-state index in [2.05, 4.69) is 15.3 Å². The first kappa shape index (κ1) is 70.8. The van der Waals surface area contributed by atoms with Crippen molar-refractivity contribution in [2.75, 3.05) is 119 Å². The van der Waals surface area contributed by atoms with Crippen LogP contribution in [0.5, 0.6) is 0 Å². The number of carbonyl (C=O) groups excluding carboxylic acids is 4. The number of aliphatic imine (C=N–C) groups is 2. The highest BCUT2D eigenvalue weighted by Crippen LogP contribution is 2.31. The van der Waals surface area contributed by atoms with E-state index < -0.39 is 121 Å². The van der Waals surface area contributed by atoms with Crippen molar-refractivity contribution in [1.82, 2.24) is 20.0 Å². The molecule has 2 heterocycles. The van der Waals surface area contributed by atoms with Crippen molar-refractivity contribution in [1.29, 1.82) is 0 Å². The van der Waals surface area contributed by atoms with Crippen molar-refractivity contribution < 1.29 is 103 Å². The molecule has 0 spiro atoms. The lowest BCUT2D eigenvalue weighted by Crippen LogP contribution is -2.61. The van der Waals surface area contributed by atoms with Crippen LogP contribution >= 0.6 is 0 Å². The lowest BCUT2D eigenvalue weighted by atomic mass is 9.87. The molecule has 0 aliphatic carbocycles. The summed E-state index contributed by atoms with van der Waals surface area (Å²) in [7, 11) is 0. The SMILES string of the molecule is CCCOCCOCCOCCCCCC(=O)N(CCOCCN(CC)C(=O)O[C@@H]([C@@H]1OC(C(=O)O)=C[C@H](N=C(N)N)[C@H]1C)[C@H](O)CO)CCOCCN(CC)C(=O)O[C@@H]([C@@H]1OC(C(=O)O)=C[C@H](N=C(N)N)[C@H]1NC(C)=O)[C@H](O)CO.[3HH]. The van der Waals surface area contributed by atoms with E-state index in [1.54, 1.807) is 25.7 Å². The van der Waals surface area contributed by atoms with Gasteiger partial charge in [-0.2, -0.15) is 0 Å². The number of rotatable bonds is 41. The highest BCUT2D eigenvalue weighted by molar-refractivity contribution is 5.86. The van der Waals surface area contributed by atoms with Crippen LogP contribution < -0.4 is 28.3 Å². The first-order chi connectivity index (χ1) is 38.6. The molecule has 2 aliphatic rings. The van der Waals surface area contributed by atoms with Gasteiger partial charge in [-0.15, -0.1) is 0 Å². The molecule has 31 nitrogen and oxygen atoms in total. The standard InChI is InChI=1S/C50H88N10O21.H2/c1-6-17-73-23-25-77-26-24-74-18-11-9-10-12-39(66)60(15-21-75-19-13-58(7-2)49(71)80-42(35(64)29-61)41-31(4)33(56-47(51)52)27-37(78-41)45(67)68)16-22-76-20-14-59(8-3)50(72)81-43(36(65)30-62)44-40(55-32(5)63)34(57-48(53)54)28-38(79-44)46(69)70;/h27-28,31,33-36,40-44,61-62,64-65H,6-26,29-30H2,1-5H3,(H,55,63)(H,67,68)(H,69,70)(H4,51,52,56)(H4,53,54,57);1H/t31-,33+,34+,35-,36-,40-,41-,42-,43-,44-;/m1./s1/i;1+2. The van der Waals surface area contributed by atoms with Gasteiger partial charge in [-0.25, -0.2) is 29.2 Å². The van der Waals surface area contributed by atoms with Gasteiger partial charge in [-0.05, 0) is 45.3 Å². The smallest absolute Gasteiger partial charge is 0.410 e. The van der Waals surface area contributed by atoms with Gasteiger partial charge in [0.2, 0.25) is 23.3 Å². The van der Waals surface area contributed by atoms with Crippen LogP contribution in [0.1, 0.15) is 68.1 Å². The van der Waals surface area contributed by atoms with Gasteiger partial charge in [0.25, 0.3) is 0 Å². The number of nitrogens with two attached hydrogens (primary N) is 4. The molecule has 0 saturated carbocycles. The monoisotopic (exact) mass is 1170 g/mol. The summed E-state index contributed by atoms with van der Waals surface area (Å²) in [5.74, 6) is -6.64. The van der Waals surface area contributed by atoms with Crippen molar-refractivity contribution in [2.24, 2.45) is 38.8 Å². The third-order valence-electron chi connectivity index (χ3n) is 12.5. The lowest BCUT2D eigenvalue weighted by molar-refractivity contribution is -0.148. The van der Waals surface area contributed by atoms with Crippen molar-refractivity contribution in [3.05, 3.63) is 23.7 Å². The van der Waals surface area contributed by atoms with Crippen LogP contribution in [0.25, 0.3) is 0 Å². The van der Waals surface area contributed by atoms with Crippen LogP contribution in [-0.4, -0.2) is 266 Å². The van der Waals surface area contributed by atoms with Gasteiger partial charge in [0.1, 0.15) is 18.3 Å². The summed E-state index contributed by atoms with van der Waals surface area (Å²) in [5, 5.41) is 63.5. The van der Waals surface area contributed by atoms with Crippen LogP contribution in [0.3, 0.4) is 0 Å². The Morgan fingerprint density at radius 1 is 0.617 bits per heavy atom. The third-order valence-corrected chi connectivity index (χ3v) is 12.5. The molecule has 15 N–H and O–H groups in total. The number of amides is 4. The Balaban J connectivity index is 0.0000336. The summed E-state index contributed by atoms with van der Waals surface area (Å²) in [4.78, 5) is 89.0. The average molecular weight is 1170 g/mol. The number of aliphatic hydroxyl groups excluding tert-OH is 4. The number of likely N-dealkylation sites (N-methyl/N-ethyl adjacent to an activating group) is 2. The molecule has 0 bridgehead atoms. The Hall–Kier alpha value is -6.32. The number of aliphatic carboxylic acids is 2. The largest absolute Gasteiger partial charge is 0.479 e. The molecule has 0 aromatic heterocycles. The van der Waals surface area contributed by atoms with Crippen molar-refractivity contribution in [3.8, 4) is 0 Å². The number of hydrogen-bond donors (Lipinski definition) is 11. The molecule has 0 radical (unpaired) electrons. The minimum absolute atomic E-state index is 0. The predicted molar refractivity (Wildman–Crippen MR) is 290 cm³/mol. The van der Waals surface area contributed by atoms with Crippen molar-refractivity contribution in [3.63, 3.8) is 0 Å². The lowest BCUT2D eigenvalue weighted by Gasteiger charge is -2.40. The topological polar surface area (TPSA) is 457 Å². The van der Waals surface area contributed by atoms with Crippen LogP contribution in [-0.2, 0) is 61.8 Å². The Morgan fingerprint density at radius 3 is 1.48 bits per heavy atom. The van der Waals surface area contributed by atoms with E-state index >= 15 is 0 Å². The average Bonchev–Trinajstić information content (AvgIpc) is 3.48. The number of aliphatic hydroxyl groups is 4. The number of guanidine groups is 2. The molecule has 10 atom stereocenters. The number of carboxylic acid groups (broad SMARTS) is 2. The highest BCUT2D eigenvalue weighted by Gasteiger charge is 2.47. The second-order valence-corrected chi connectivity index (χ2v) is 18.6. The van der Waals surface area contributed by atoms with Crippen LogP contribution in [0.15, 0.2) is 33.7 Å². The van der Waals surface area contributed by atoms with E-state index in [-0.39, 0.29) is 85.4 Å². The summed E-state index contributed by atoms with van der Waals surface area (Å²) in [6, 6.07) is -3.48. The fraction of sp³-hybridized carbons (Fsp3) is 0.760. The maximum absolute atomic E-state index is 13.6. The molecular formula is C50H90N10O21. The summed E-state index contributed by atoms with van der Waals surface area (Å²) in [5.41, 5.74) is 22.3. The van der Waals surface area contributed by atoms with Gasteiger partial charge in [-0.1, -0.05) is 20.3 Å². The Morgan fingerprint density at radius 2 is 1.04 bits per heavy atom. The van der Waals surface area contributed by atoms with E-state index in [4.69, 9.17) is 65.6 Å². The molecule has 0 fully saturated rings. The fourth-order valence-electron chi connectivity index (χ4n) is 8.25. The molecule has 81 heavy (non-hydrogen) atoms. The minimum Gasteiger partial charge on any atom is -0.479 e. The summed E-state index contributed by atoms with van der Waals surface area (Å²) in [6.07, 6.45) is -6.46. The van der Waals surface area contributed by atoms with E-state index in [0.717, 1.165) is 19.4 Å².